The SMILES string of the molecule is CCCC1(C(=O)NCC2(C(=O)O)CCOCC2)CCNC1. The van der Waals surface area contributed by atoms with Gasteiger partial charge in [0.25, 0.3) is 0 Å². The van der Waals surface area contributed by atoms with Gasteiger partial charge < -0.3 is 20.5 Å². The van der Waals surface area contributed by atoms with Gasteiger partial charge in [-0.2, -0.15) is 0 Å². The third kappa shape index (κ3) is 3.37. The van der Waals surface area contributed by atoms with E-state index in [2.05, 4.69) is 17.6 Å². The number of aliphatic carboxylic acids is 1. The summed E-state index contributed by atoms with van der Waals surface area (Å²) >= 11 is 0. The summed E-state index contributed by atoms with van der Waals surface area (Å²) in [5.74, 6) is -0.832. The van der Waals surface area contributed by atoms with Crippen molar-refractivity contribution in [2.75, 3.05) is 32.8 Å². The van der Waals surface area contributed by atoms with E-state index >= 15 is 0 Å². The van der Waals surface area contributed by atoms with Crippen molar-refractivity contribution in [3.8, 4) is 0 Å². The Morgan fingerprint density at radius 3 is 2.48 bits per heavy atom. The van der Waals surface area contributed by atoms with Gasteiger partial charge in [-0.1, -0.05) is 13.3 Å². The van der Waals surface area contributed by atoms with Crippen LogP contribution in [0.25, 0.3) is 0 Å². The molecule has 1 amide bonds. The number of carboxylic acid groups (broad SMARTS) is 1. The lowest BCUT2D eigenvalue weighted by Gasteiger charge is -2.35. The van der Waals surface area contributed by atoms with Crippen LogP contribution in [0.2, 0.25) is 0 Å². The molecule has 6 nitrogen and oxygen atoms in total. The Morgan fingerprint density at radius 2 is 1.95 bits per heavy atom. The van der Waals surface area contributed by atoms with Gasteiger partial charge in [-0.05, 0) is 32.2 Å². The summed E-state index contributed by atoms with van der Waals surface area (Å²) in [5.41, 5.74) is -1.23. The summed E-state index contributed by atoms with van der Waals surface area (Å²) in [7, 11) is 0. The Balaban J connectivity index is 1.99. The van der Waals surface area contributed by atoms with Gasteiger partial charge in [0, 0.05) is 26.3 Å². The second-order valence-corrected chi connectivity index (χ2v) is 6.34. The largest absolute Gasteiger partial charge is 0.481 e. The number of carbonyl (C=O) groups is 2. The highest BCUT2D eigenvalue weighted by atomic mass is 16.5. The summed E-state index contributed by atoms with van der Waals surface area (Å²) in [4.78, 5) is 24.2. The van der Waals surface area contributed by atoms with Crippen LogP contribution in [0.1, 0.15) is 39.0 Å². The average molecular weight is 298 g/mol. The molecule has 0 bridgehead atoms. The topological polar surface area (TPSA) is 87.7 Å². The quantitative estimate of drug-likeness (QED) is 0.674. The van der Waals surface area contributed by atoms with Crippen LogP contribution in [0.5, 0.6) is 0 Å². The van der Waals surface area contributed by atoms with E-state index in [4.69, 9.17) is 4.74 Å². The summed E-state index contributed by atoms with van der Waals surface area (Å²) in [6.07, 6.45) is 3.54. The zero-order valence-corrected chi connectivity index (χ0v) is 12.7. The third-order valence-corrected chi connectivity index (χ3v) is 4.94. The lowest BCUT2D eigenvalue weighted by molar-refractivity contribution is -0.155. The number of amides is 1. The van der Waals surface area contributed by atoms with Gasteiger partial charge in [0.2, 0.25) is 5.91 Å². The molecule has 0 spiro atoms. The van der Waals surface area contributed by atoms with Crippen LogP contribution >= 0.6 is 0 Å². The molecule has 0 aliphatic carbocycles. The first-order valence-electron chi connectivity index (χ1n) is 7.85. The molecule has 2 fully saturated rings. The van der Waals surface area contributed by atoms with Gasteiger partial charge in [-0.25, -0.2) is 0 Å². The maximum Gasteiger partial charge on any atom is 0.311 e. The van der Waals surface area contributed by atoms with Crippen LogP contribution in [0, 0.1) is 10.8 Å². The van der Waals surface area contributed by atoms with E-state index in [0.717, 1.165) is 25.8 Å². The molecule has 0 saturated carbocycles. The van der Waals surface area contributed by atoms with Crippen molar-refractivity contribution >= 4 is 11.9 Å². The standard InChI is InChI=1S/C15H26N2O4/c1-2-3-14(4-7-16-10-14)12(18)17-11-15(13(19)20)5-8-21-9-6-15/h16H,2-11H2,1H3,(H,17,18)(H,19,20). The minimum absolute atomic E-state index is 0.00136. The van der Waals surface area contributed by atoms with Crippen LogP contribution in [0.3, 0.4) is 0 Å². The van der Waals surface area contributed by atoms with Gasteiger partial charge >= 0.3 is 5.97 Å². The van der Waals surface area contributed by atoms with Gasteiger partial charge in [-0.3, -0.25) is 9.59 Å². The lowest BCUT2D eigenvalue weighted by atomic mass is 9.78. The number of carboxylic acids is 1. The van der Waals surface area contributed by atoms with Crippen LogP contribution in [0.15, 0.2) is 0 Å². The highest BCUT2D eigenvalue weighted by molar-refractivity contribution is 5.84. The molecule has 21 heavy (non-hydrogen) atoms. The van der Waals surface area contributed by atoms with E-state index in [1.807, 2.05) is 0 Å². The molecule has 1 atom stereocenters. The Kier molecular flexibility index (Phi) is 5.22. The second kappa shape index (κ2) is 6.75. The predicted molar refractivity (Wildman–Crippen MR) is 78.0 cm³/mol. The average Bonchev–Trinajstić information content (AvgIpc) is 2.96. The van der Waals surface area contributed by atoms with E-state index in [9.17, 15) is 14.7 Å². The molecule has 2 aliphatic rings. The summed E-state index contributed by atoms with van der Waals surface area (Å²) in [6.45, 7) is 4.72. The maximum atomic E-state index is 12.6. The Morgan fingerprint density at radius 1 is 1.24 bits per heavy atom. The van der Waals surface area contributed by atoms with Gasteiger partial charge in [-0.15, -0.1) is 0 Å². The fourth-order valence-corrected chi connectivity index (χ4v) is 3.41. The second-order valence-electron chi connectivity index (χ2n) is 6.34. The fraction of sp³-hybridized carbons (Fsp3) is 0.867. The van der Waals surface area contributed by atoms with E-state index < -0.39 is 11.4 Å². The van der Waals surface area contributed by atoms with E-state index in [1.165, 1.54) is 0 Å². The summed E-state index contributed by atoms with van der Waals surface area (Å²) < 4.78 is 5.25. The number of ether oxygens (including phenoxy) is 1. The Bertz CT molecular complexity index is 385. The first kappa shape index (κ1) is 16.2. The van der Waals surface area contributed by atoms with Crippen molar-refractivity contribution in [1.29, 1.82) is 0 Å². The molecule has 2 heterocycles. The molecular weight excluding hydrogens is 272 g/mol. The zero-order valence-electron chi connectivity index (χ0n) is 12.7. The van der Waals surface area contributed by atoms with Gasteiger partial charge in [0.15, 0.2) is 0 Å². The van der Waals surface area contributed by atoms with Crippen LogP contribution in [-0.2, 0) is 14.3 Å². The Hall–Kier alpha value is -1.14. The van der Waals surface area contributed by atoms with Crippen LogP contribution in [0.4, 0.5) is 0 Å². The summed E-state index contributed by atoms with van der Waals surface area (Å²) in [6, 6.07) is 0. The molecule has 2 rings (SSSR count). The van der Waals surface area contributed by atoms with Crippen molar-refractivity contribution in [2.45, 2.75) is 39.0 Å². The minimum atomic E-state index is -0.868. The number of nitrogens with one attached hydrogen (secondary N) is 2. The molecule has 0 radical (unpaired) electrons. The molecular formula is C15H26N2O4. The molecule has 2 saturated heterocycles. The third-order valence-electron chi connectivity index (χ3n) is 4.94. The highest BCUT2D eigenvalue weighted by Crippen LogP contribution is 2.33. The number of hydrogen-bond donors (Lipinski definition) is 3. The number of carbonyl (C=O) groups excluding carboxylic acids is 1. The number of hydrogen-bond acceptors (Lipinski definition) is 4. The summed E-state index contributed by atoms with van der Waals surface area (Å²) in [5, 5.41) is 15.7. The molecule has 0 aromatic heterocycles. The zero-order chi connectivity index (χ0) is 15.3. The Labute approximate surface area is 125 Å². The monoisotopic (exact) mass is 298 g/mol. The maximum absolute atomic E-state index is 12.6. The first-order valence-corrected chi connectivity index (χ1v) is 7.85. The number of rotatable bonds is 6. The van der Waals surface area contributed by atoms with E-state index in [0.29, 0.717) is 32.6 Å². The molecule has 2 aliphatic heterocycles. The molecule has 120 valence electrons. The fourth-order valence-electron chi connectivity index (χ4n) is 3.41. The molecule has 3 N–H and O–H groups in total. The van der Waals surface area contributed by atoms with Crippen LogP contribution < -0.4 is 10.6 Å². The van der Waals surface area contributed by atoms with Crippen molar-refractivity contribution in [3.63, 3.8) is 0 Å². The minimum Gasteiger partial charge on any atom is -0.481 e. The molecule has 6 heteroatoms. The first-order chi connectivity index (χ1) is 10.0. The highest BCUT2D eigenvalue weighted by Gasteiger charge is 2.44. The predicted octanol–water partition coefficient (Wildman–Crippen LogP) is 0.764. The van der Waals surface area contributed by atoms with Crippen molar-refractivity contribution in [3.05, 3.63) is 0 Å². The van der Waals surface area contributed by atoms with E-state index in [-0.39, 0.29) is 17.9 Å². The molecule has 0 aromatic rings. The molecule has 1 unspecified atom stereocenters. The van der Waals surface area contributed by atoms with Crippen molar-refractivity contribution < 1.29 is 19.4 Å². The smallest absolute Gasteiger partial charge is 0.311 e. The van der Waals surface area contributed by atoms with Crippen molar-refractivity contribution in [1.82, 2.24) is 10.6 Å². The van der Waals surface area contributed by atoms with Crippen LogP contribution in [-0.4, -0.2) is 49.8 Å². The lowest BCUT2D eigenvalue weighted by Crippen LogP contribution is -2.50. The van der Waals surface area contributed by atoms with Crippen molar-refractivity contribution in [2.24, 2.45) is 10.8 Å². The van der Waals surface area contributed by atoms with Gasteiger partial charge in [0.05, 0.1) is 10.8 Å². The van der Waals surface area contributed by atoms with Gasteiger partial charge in [0.1, 0.15) is 0 Å². The normalized spacial score (nSPS) is 28.2. The molecule has 0 aromatic carbocycles. The van der Waals surface area contributed by atoms with E-state index in [1.54, 1.807) is 0 Å².